The van der Waals surface area contributed by atoms with Crippen molar-refractivity contribution in [3.63, 3.8) is 0 Å². The summed E-state index contributed by atoms with van der Waals surface area (Å²) in [5, 5.41) is 6.89. The summed E-state index contributed by atoms with van der Waals surface area (Å²) < 4.78 is 5.44. The molecule has 1 aliphatic rings. The zero-order chi connectivity index (χ0) is 20.5. The number of rotatable bonds is 7. The number of benzene rings is 2. The first-order chi connectivity index (χ1) is 14.1. The lowest BCUT2D eigenvalue weighted by molar-refractivity contribution is 0.0342. The Hall–Kier alpha value is -2.37. The Kier molecular flexibility index (Phi) is 8.08. The number of morpholine rings is 1. The van der Waals surface area contributed by atoms with Crippen LogP contribution in [0.3, 0.4) is 0 Å². The van der Waals surface area contributed by atoms with Crippen molar-refractivity contribution in [1.29, 1.82) is 0 Å². The van der Waals surface area contributed by atoms with E-state index in [0.29, 0.717) is 5.92 Å². The Bertz CT molecular complexity index is 799. The zero-order valence-electron chi connectivity index (χ0n) is 17.9. The topological polar surface area (TPSA) is 48.9 Å². The molecule has 2 aromatic carbocycles. The smallest absolute Gasteiger partial charge is 0.191 e. The monoisotopic (exact) mass is 394 g/mol. The van der Waals surface area contributed by atoms with E-state index >= 15 is 0 Å². The van der Waals surface area contributed by atoms with Crippen molar-refractivity contribution in [3.05, 3.63) is 70.8 Å². The molecule has 1 fully saturated rings. The molecule has 2 N–H and O–H groups in total. The Morgan fingerprint density at radius 2 is 1.83 bits per heavy atom. The summed E-state index contributed by atoms with van der Waals surface area (Å²) in [6.45, 7) is 10.7. The van der Waals surface area contributed by atoms with Crippen molar-refractivity contribution in [2.75, 3.05) is 39.9 Å². The molecule has 1 heterocycles. The van der Waals surface area contributed by atoms with E-state index in [4.69, 9.17) is 4.74 Å². The van der Waals surface area contributed by atoms with Crippen LogP contribution in [0, 0.1) is 6.92 Å². The van der Waals surface area contributed by atoms with Crippen LogP contribution < -0.4 is 10.6 Å². The molecule has 0 bridgehead atoms. The lowest BCUT2D eigenvalue weighted by Gasteiger charge is -2.26. The first-order valence-electron chi connectivity index (χ1n) is 10.5. The molecule has 3 rings (SSSR count). The van der Waals surface area contributed by atoms with Gasteiger partial charge in [0, 0.05) is 39.8 Å². The summed E-state index contributed by atoms with van der Waals surface area (Å²) in [6, 6.07) is 17.5. The van der Waals surface area contributed by atoms with Crippen LogP contribution in [0.25, 0.3) is 0 Å². The van der Waals surface area contributed by atoms with Crippen LogP contribution >= 0.6 is 0 Å². The highest BCUT2D eigenvalue weighted by molar-refractivity contribution is 5.79. The molecule has 0 aliphatic carbocycles. The summed E-state index contributed by atoms with van der Waals surface area (Å²) in [7, 11) is 1.82. The van der Waals surface area contributed by atoms with Gasteiger partial charge in [-0.1, -0.05) is 61.0 Å². The molecule has 1 atom stereocenters. The molecule has 5 heteroatoms. The Balaban J connectivity index is 1.48. The highest BCUT2D eigenvalue weighted by atomic mass is 16.5. The van der Waals surface area contributed by atoms with Crippen LogP contribution in [0.2, 0.25) is 0 Å². The van der Waals surface area contributed by atoms with Crippen LogP contribution in [0.15, 0.2) is 53.5 Å². The van der Waals surface area contributed by atoms with E-state index in [1.165, 1.54) is 22.3 Å². The van der Waals surface area contributed by atoms with Crippen LogP contribution in [0.1, 0.15) is 35.1 Å². The van der Waals surface area contributed by atoms with Gasteiger partial charge in [-0.25, -0.2) is 0 Å². The van der Waals surface area contributed by atoms with Crippen LogP contribution in [-0.2, 0) is 17.8 Å². The number of guanidine groups is 1. The molecular formula is C24H34N4O. The van der Waals surface area contributed by atoms with Gasteiger partial charge in [-0.15, -0.1) is 0 Å². The Morgan fingerprint density at radius 1 is 1.07 bits per heavy atom. The minimum absolute atomic E-state index is 0.422. The third kappa shape index (κ3) is 6.87. The molecule has 0 saturated carbocycles. The molecule has 0 aromatic heterocycles. The zero-order valence-corrected chi connectivity index (χ0v) is 17.9. The lowest BCUT2D eigenvalue weighted by Crippen LogP contribution is -2.38. The highest BCUT2D eigenvalue weighted by Gasteiger charge is 2.11. The Labute approximate surface area is 175 Å². The summed E-state index contributed by atoms with van der Waals surface area (Å²) in [5.74, 6) is 1.26. The second-order valence-electron chi connectivity index (χ2n) is 7.83. The van der Waals surface area contributed by atoms with Gasteiger partial charge < -0.3 is 15.4 Å². The van der Waals surface area contributed by atoms with Gasteiger partial charge in [0.05, 0.1) is 13.2 Å². The first-order valence-corrected chi connectivity index (χ1v) is 10.5. The number of ether oxygens (including phenoxy) is 1. The average molecular weight is 395 g/mol. The number of hydrogen-bond donors (Lipinski definition) is 2. The molecule has 1 saturated heterocycles. The maximum atomic E-state index is 5.44. The third-order valence-electron chi connectivity index (χ3n) is 5.37. The van der Waals surface area contributed by atoms with E-state index in [1.807, 2.05) is 7.05 Å². The van der Waals surface area contributed by atoms with E-state index in [2.05, 4.69) is 82.9 Å². The summed E-state index contributed by atoms with van der Waals surface area (Å²) in [5.41, 5.74) is 5.27. The van der Waals surface area contributed by atoms with Crippen molar-refractivity contribution < 1.29 is 4.74 Å². The van der Waals surface area contributed by atoms with E-state index in [9.17, 15) is 0 Å². The van der Waals surface area contributed by atoms with E-state index < -0.39 is 0 Å². The van der Waals surface area contributed by atoms with E-state index in [0.717, 1.165) is 51.9 Å². The van der Waals surface area contributed by atoms with Gasteiger partial charge in [-0.2, -0.15) is 0 Å². The maximum absolute atomic E-state index is 5.44. The molecule has 1 unspecified atom stereocenters. The summed E-state index contributed by atoms with van der Waals surface area (Å²) >= 11 is 0. The largest absolute Gasteiger partial charge is 0.379 e. The molecule has 156 valence electrons. The highest BCUT2D eigenvalue weighted by Crippen LogP contribution is 2.15. The molecule has 1 aliphatic heterocycles. The molecule has 29 heavy (non-hydrogen) atoms. The average Bonchev–Trinajstić information content (AvgIpc) is 2.74. The predicted molar refractivity (Wildman–Crippen MR) is 120 cm³/mol. The Morgan fingerprint density at radius 3 is 2.59 bits per heavy atom. The number of aliphatic imine (C=N–C) groups is 1. The van der Waals surface area contributed by atoms with Gasteiger partial charge in [-0.05, 0) is 29.5 Å². The van der Waals surface area contributed by atoms with Crippen LogP contribution in [0.5, 0.6) is 0 Å². The van der Waals surface area contributed by atoms with E-state index in [-0.39, 0.29) is 0 Å². The van der Waals surface area contributed by atoms with Gasteiger partial charge in [-0.3, -0.25) is 9.89 Å². The van der Waals surface area contributed by atoms with E-state index in [1.54, 1.807) is 0 Å². The lowest BCUT2D eigenvalue weighted by atomic mass is 9.99. The molecule has 0 spiro atoms. The van der Waals surface area contributed by atoms with Gasteiger partial charge in [0.25, 0.3) is 0 Å². The van der Waals surface area contributed by atoms with Gasteiger partial charge >= 0.3 is 0 Å². The second-order valence-corrected chi connectivity index (χ2v) is 7.83. The fourth-order valence-electron chi connectivity index (χ4n) is 3.61. The SMILES string of the molecule is CN=C(NCc1cccc(CN2CCOCC2)c1)NCC(C)c1cccc(C)c1. The van der Waals surface area contributed by atoms with Crippen molar-refractivity contribution >= 4 is 5.96 Å². The number of aryl methyl sites for hydroxylation is 1. The summed E-state index contributed by atoms with van der Waals surface area (Å²) in [4.78, 5) is 6.82. The van der Waals surface area contributed by atoms with Crippen LogP contribution in [-0.4, -0.2) is 50.8 Å². The van der Waals surface area contributed by atoms with Crippen molar-refractivity contribution in [2.24, 2.45) is 4.99 Å². The minimum Gasteiger partial charge on any atom is -0.379 e. The van der Waals surface area contributed by atoms with Crippen molar-refractivity contribution in [1.82, 2.24) is 15.5 Å². The molecule has 5 nitrogen and oxygen atoms in total. The first kappa shape index (κ1) is 21.3. The fourth-order valence-corrected chi connectivity index (χ4v) is 3.61. The number of nitrogens with zero attached hydrogens (tertiary/aromatic N) is 2. The second kappa shape index (κ2) is 11.0. The van der Waals surface area contributed by atoms with Gasteiger partial charge in [0.2, 0.25) is 0 Å². The summed E-state index contributed by atoms with van der Waals surface area (Å²) in [6.07, 6.45) is 0. The standard InChI is InChI=1S/C24H34N4O/c1-19-6-4-9-23(14-19)20(2)16-26-24(25-3)27-17-21-7-5-8-22(15-21)18-28-10-12-29-13-11-28/h4-9,14-15,20H,10-13,16-18H2,1-3H3,(H2,25,26,27). The third-order valence-corrected chi connectivity index (χ3v) is 5.37. The number of nitrogens with one attached hydrogen (secondary N) is 2. The predicted octanol–water partition coefficient (Wildman–Crippen LogP) is 3.30. The quantitative estimate of drug-likeness (QED) is 0.559. The normalized spacial score (nSPS) is 16.4. The molecule has 0 radical (unpaired) electrons. The molecule has 2 aromatic rings. The molecular weight excluding hydrogens is 360 g/mol. The van der Waals surface area contributed by atoms with Crippen molar-refractivity contribution in [2.45, 2.75) is 32.9 Å². The number of hydrogen-bond acceptors (Lipinski definition) is 3. The van der Waals surface area contributed by atoms with Crippen molar-refractivity contribution in [3.8, 4) is 0 Å². The maximum Gasteiger partial charge on any atom is 0.191 e. The van der Waals surface area contributed by atoms with Gasteiger partial charge in [0.15, 0.2) is 5.96 Å². The van der Waals surface area contributed by atoms with Crippen LogP contribution in [0.4, 0.5) is 0 Å². The van der Waals surface area contributed by atoms with Gasteiger partial charge in [0.1, 0.15) is 0 Å². The molecule has 0 amide bonds. The fraction of sp³-hybridized carbons (Fsp3) is 0.458. The minimum atomic E-state index is 0.422.